The number of nitrogens with one attached hydrogen (secondary N) is 1. The summed E-state index contributed by atoms with van der Waals surface area (Å²) in [5.74, 6) is 0.208. The first kappa shape index (κ1) is 21.0. The summed E-state index contributed by atoms with van der Waals surface area (Å²) in [7, 11) is 1.56. The van der Waals surface area contributed by atoms with Crippen LogP contribution in [0.25, 0.3) is 6.08 Å². The van der Waals surface area contributed by atoms with Crippen LogP contribution in [0, 0.1) is 13.8 Å². The Labute approximate surface area is 165 Å². The minimum absolute atomic E-state index is 0.358. The van der Waals surface area contributed by atoms with Crippen LogP contribution in [0.2, 0.25) is 0 Å². The molecular weight excluding hydrogens is 358 g/mol. The topological polar surface area (TPSA) is 73.9 Å². The normalized spacial score (nSPS) is 10.6. The largest absolute Gasteiger partial charge is 0.493 e. The summed E-state index contributed by atoms with van der Waals surface area (Å²) in [4.78, 5) is 23.8. The molecule has 2 aromatic rings. The number of carbonyl (C=O) groups is 2. The molecule has 6 nitrogen and oxygen atoms in total. The van der Waals surface area contributed by atoms with Gasteiger partial charge in [-0.1, -0.05) is 23.8 Å². The summed E-state index contributed by atoms with van der Waals surface area (Å²) in [6.07, 6.45) is 2.86. The van der Waals surface area contributed by atoms with E-state index in [4.69, 9.17) is 14.2 Å². The number of methoxy groups -OCH3 is 1. The minimum Gasteiger partial charge on any atom is -0.493 e. The Bertz CT molecular complexity index is 873. The van der Waals surface area contributed by atoms with Crippen molar-refractivity contribution in [2.24, 2.45) is 0 Å². The highest BCUT2D eigenvalue weighted by Gasteiger charge is 2.08. The molecule has 148 valence electrons. The molecular formula is C22H25NO5. The van der Waals surface area contributed by atoms with Crippen LogP contribution in [0.5, 0.6) is 11.5 Å². The summed E-state index contributed by atoms with van der Waals surface area (Å²) in [5.41, 5.74) is 3.51. The lowest BCUT2D eigenvalue weighted by Gasteiger charge is -2.10. The summed E-state index contributed by atoms with van der Waals surface area (Å²) in [6.45, 7) is 5.91. The van der Waals surface area contributed by atoms with E-state index in [0.717, 1.165) is 16.7 Å². The highest BCUT2D eigenvalue weighted by molar-refractivity contribution is 5.95. The van der Waals surface area contributed by atoms with Crippen LogP contribution < -0.4 is 14.8 Å². The quantitative estimate of drug-likeness (QED) is 0.553. The molecule has 0 saturated heterocycles. The van der Waals surface area contributed by atoms with Crippen molar-refractivity contribution in [3.05, 3.63) is 59.2 Å². The molecule has 0 unspecified atom stereocenters. The zero-order valence-electron chi connectivity index (χ0n) is 16.6. The van der Waals surface area contributed by atoms with Crippen molar-refractivity contribution in [2.45, 2.75) is 20.8 Å². The van der Waals surface area contributed by atoms with Gasteiger partial charge in [-0.3, -0.25) is 4.79 Å². The van der Waals surface area contributed by atoms with Crippen molar-refractivity contribution >= 4 is 23.6 Å². The van der Waals surface area contributed by atoms with Crippen molar-refractivity contribution in [3.63, 3.8) is 0 Å². The molecule has 0 aliphatic carbocycles. The first-order valence-electron chi connectivity index (χ1n) is 8.95. The number of hydrogen-bond acceptors (Lipinski definition) is 5. The van der Waals surface area contributed by atoms with Crippen LogP contribution in [0.3, 0.4) is 0 Å². The summed E-state index contributed by atoms with van der Waals surface area (Å²) in [6, 6.07) is 11.0. The first-order chi connectivity index (χ1) is 13.4. The first-order valence-corrected chi connectivity index (χ1v) is 8.95. The predicted octanol–water partition coefficient (Wildman–Crippen LogP) is 3.91. The van der Waals surface area contributed by atoms with Gasteiger partial charge in [0.2, 0.25) is 0 Å². The number of anilines is 1. The van der Waals surface area contributed by atoms with Crippen molar-refractivity contribution in [1.82, 2.24) is 0 Å². The Hall–Kier alpha value is -3.28. The maximum absolute atomic E-state index is 12.0. The van der Waals surface area contributed by atoms with E-state index in [1.807, 2.05) is 39.0 Å². The van der Waals surface area contributed by atoms with Gasteiger partial charge in [-0.05, 0) is 56.2 Å². The van der Waals surface area contributed by atoms with Crippen LogP contribution in [0.15, 0.2) is 42.5 Å². The van der Waals surface area contributed by atoms with Crippen LogP contribution in [0.1, 0.15) is 23.6 Å². The summed E-state index contributed by atoms with van der Waals surface area (Å²) >= 11 is 0. The fourth-order valence-corrected chi connectivity index (χ4v) is 2.55. The van der Waals surface area contributed by atoms with Gasteiger partial charge in [-0.25, -0.2) is 4.79 Å². The van der Waals surface area contributed by atoms with Crippen molar-refractivity contribution in [3.8, 4) is 11.5 Å². The monoisotopic (exact) mass is 383 g/mol. The third kappa shape index (κ3) is 6.16. The number of rotatable bonds is 8. The van der Waals surface area contributed by atoms with E-state index in [-0.39, 0.29) is 6.61 Å². The molecule has 6 heteroatoms. The maximum Gasteiger partial charge on any atom is 0.331 e. The Kier molecular flexibility index (Phi) is 7.63. The van der Waals surface area contributed by atoms with Crippen molar-refractivity contribution in [2.75, 3.05) is 25.6 Å². The van der Waals surface area contributed by atoms with E-state index < -0.39 is 11.9 Å². The van der Waals surface area contributed by atoms with E-state index >= 15 is 0 Å². The average Bonchev–Trinajstić information content (AvgIpc) is 2.67. The molecule has 2 aromatic carbocycles. The number of carbonyl (C=O) groups excluding carboxylic acids is 2. The Balaban J connectivity index is 1.89. The van der Waals surface area contributed by atoms with Gasteiger partial charge in [0.15, 0.2) is 18.1 Å². The molecule has 0 aliphatic rings. The number of ether oxygens (including phenoxy) is 3. The van der Waals surface area contributed by atoms with Gasteiger partial charge in [0, 0.05) is 11.8 Å². The lowest BCUT2D eigenvalue weighted by atomic mass is 10.1. The number of esters is 1. The fourth-order valence-electron chi connectivity index (χ4n) is 2.55. The van der Waals surface area contributed by atoms with Gasteiger partial charge in [-0.2, -0.15) is 0 Å². The van der Waals surface area contributed by atoms with Gasteiger partial charge in [0.05, 0.1) is 13.7 Å². The molecule has 0 heterocycles. The number of amides is 1. The predicted molar refractivity (Wildman–Crippen MR) is 109 cm³/mol. The smallest absolute Gasteiger partial charge is 0.331 e. The van der Waals surface area contributed by atoms with Gasteiger partial charge >= 0.3 is 5.97 Å². The van der Waals surface area contributed by atoms with Crippen molar-refractivity contribution in [1.29, 1.82) is 0 Å². The number of hydrogen-bond donors (Lipinski definition) is 1. The number of benzene rings is 2. The zero-order valence-corrected chi connectivity index (χ0v) is 16.6. The number of aryl methyl sites for hydroxylation is 2. The summed E-state index contributed by atoms with van der Waals surface area (Å²) in [5, 5.41) is 2.73. The van der Waals surface area contributed by atoms with Crippen LogP contribution in [-0.4, -0.2) is 32.2 Å². The average molecular weight is 383 g/mol. The van der Waals surface area contributed by atoms with Gasteiger partial charge in [-0.15, -0.1) is 0 Å². The van der Waals surface area contributed by atoms with Gasteiger partial charge < -0.3 is 19.5 Å². The second-order valence-corrected chi connectivity index (χ2v) is 6.15. The Morgan fingerprint density at radius 3 is 2.54 bits per heavy atom. The van der Waals surface area contributed by atoms with E-state index in [0.29, 0.717) is 23.8 Å². The Morgan fingerprint density at radius 1 is 1.07 bits per heavy atom. The van der Waals surface area contributed by atoms with Crippen LogP contribution in [0.4, 0.5) is 5.69 Å². The summed E-state index contributed by atoms with van der Waals surface area (Å²) < 4.78 is 15.7. The standard InChI is InChI=1S/C22H25NO5/c1-5-27-20-13-17(7-10-19(20)26-4)8-11-22(25)28-14-21(24)23-18-9-6-15(2)12-16(18)3/h6-13H,5,14H2,1-4H3,(H,23,24)/b11-8+. The second kappa shape index (κ2) is 10.2. The molecule has 0 atom stereocenters. The van der Waals surface area contributed by atoms with E-state index in [2.05, 4.69) is 5.32 Å². The molecule has 1 amide bonds. The van der Waals surface area contributed by atoms with Gasteiger partial charge in [0.25, 0.3) is 5.91 Å². The van der Waals surface area contributed by atoms with Gasteiger partial charge in [0.1, 0.15) is 0 Å². The Morgan fingerprint density at radius 2 is 1.86 bits per heavy atom. The van der Waals surface area contributed by atoms with Crippen LogP contribution in [-0.2, 0) is 14.3 Å². The fraction of sp³-hybridized carbons (Fsp3) is 0.273. The molecule has 0 fully saturated rings. The molecule has 0 aliphatic heterocycles. The third-order valence-electron chi connectivity index (χ3n) is 3.90. The van der Waals surface area contributed by atoms with E-state index in [1.165, 1.54) is 6.08 Å². The van der Waals surface area contributed by atoms with E-state index in [1.54, 1.807) is 31.4 Å². The minimum atomic E-state index is -0.607. The zero-order chi connectivity index (χ0) is 20.5. The molecule has 2 rings (SSSR count). The molecule has 0 bridgehead atoms. The molecule has 0 radical (unpaired) electrons. The maximum atomic E-state index is 12.0. The lowest BCUT2D eigenvalue weighted by molar-refractivity contribution is -0.142. The van der Waals surface area contributed by atoms with Crippen molar-refractivity contribution < 1.29 is 23.8 Å². The van der Waals surface area contributed by atoms with E-state index in [9.17, 15) is 9.59 Å². The molecule has 0 aromatic heterocycles. The molecule has 0 spiro atoms. The highest BCUT2D eigenvalue weighted by atomic mass is 16.5. The highest BCUT2D eigenvalue weighted by Crippen LogP contribution is 2.28. The third-order valence-corrected chi connectivity index (χ3v) is 3.90. The van der Waals surface area contributed by atoms with Crippen LogP contribution >= 0.6 is 0 Å². The second-order valence-electron chi connectivity index (χ2n) is 6.15. The molecule has 0 saturated carbocycles. The molecule has 1 N–H and O–H groups in total. The SMILES string of the molecule is CCOc1cc(/C=C/C(=O)OCC(=O)Nc2ccc(C)cc2C)ccc1OC. The lowest BCUT2D eigenvalue weighted by Crippen LogP contribution is -2.20. The molecule has 28 heavy (non-hydrogen) atoms.